The molecule has 0 spiro atoms. The van der Waals surface area contributed by atoms with Crippen LogP contribution in [0, 0.1) is 0 Å². The third kappa shape index (κ3) is 4.94. The number of para-hydroxylation sites is 1. The van der Waals surface area contributed by atoms with Gasteiger partial charge in [-0.15, -0.1) is 0 Å². The molecule has 0 saturated carbocycles. The second-order valence-corrected chi connectivity index (χ2v) is 8.67. The van der Waals surface area contributed by atoms with E-state index in [1.165, 1.54) is 11.8 Å². The molecule has 3 aromatic rings. The van der Waals surface area contributed by atoms with Gasteiger partial charge in [-0.3, -0.25) is 14.2 Å². The first-order chi connectivity index (χ1) is 13.9. The number of nitrogens with one attached hydrogen (secondary N) is 1. The van der Waals surface area contributed by atoms with Crippen LogP contribution in [0.1, 0.15) is 26.7 Å². The lowest BCUT2D eigenvalue weighted by molar-refractivity contribution is -0.115. The second kappa shape index (κ2) is 9.65. The molecule has 1 heterocycles. The fourth-order valence-electron chi connectivity index (χ4n) is 2.80. The molecule has 1 amide bonds. The lowest BCUT2D eigenvalue weighted by atomic mass is 10.2. The molecule has 1 N–H and O–H groups in total. The number of benzene rings is 2. The molecule has 29 heavy (non-hydrogen) atoms. The number of anilines is 1. The quantitative estimate of drug-likeness (QED) is 0.375. The number of carbonyl (C=O) groups excluding carboxylic acids is 1. The summed E-state index contributed by atoms with van der Waals surface area (Å²) in [5.74, 6) is -0.247. The average molecular weight is 450 g/mol. The summed E-state index contributed by atoms with van der Waals surface area (Å²) in [4.78, 5) is 30.3. The number of hydrogen-bond acceptors (Lipinski definition) is 4. The van der Waals surface area contributed by atoms with Crippen molar-refractivity contribution in [1.29, 1.82) is 0 Å². The molecule has 0 fully saturated rings. The van der Waals surface area contributed by atoms with Crippen molar-refractivity contribution in [2.24, 2.45) is 0 Å². The summed E-state index contributed by atoms with van der Waals surface area (Å²) in [6.45, 7) is 4.39. The van der Waals surface area contributed by atoms with Gasteiger partial charge in [0.05, 0.1) is 31.9 Å². The predicted octanol–water partition coefficient (Wildman–Crippen LogP) is 5.62. The van der Waals surface area contributed by atoms with Crippen LogP contribution in [0.25, 0.3) is 10.9 Å². The van der Waals surface area contributed by atoms with Gasteiger partial charge < -0.3 is 5.32 Å². The van der Waals surface area contributed by atoms with Crippen LogP contribution < -0.4 is 10.9 Å². The highest BCUT2D eigenvalue weighted by molar-refractivity contribution is 8.00. The van der Waals surface area contributed by atoms with E-state index in [0.29, 0.717) is 38.3 Å². The van der Waals surface area contributed by atoms with Gasteiger partial charge in [-0.1, -0.05) is 66.5 Å². The van der Waals surface area contributed by atoms with Crippen LogP contribution in [-0.4, -0.2) is 20.7 Å². The second-order valence-electron chi connectivity index (χ2n) is 6.57. The third-order valence-electron chi connectivity index (χ3n) is 4.42. The van der Waals surface area contributed by atoms with Crippen molar-refractivity contribution in [3.05, 3.63) is 62.9 Å². The molecule has 2 aromatic carbocycles. The molecule has 1 atom stereocenters. The molecule has 152 valence electrons. The number of unbranched alkanes of at least 4 members (excludes halogenated alkanes) is 1. The maximum absolute atomic E-state index is 13.0. The molecule has 0 aliphatic heterocycles. The summed E-state index contributed by atoms with van der Waals surface area (Å²) >= 11 is 13.4. The van der Waals surface area contributed by atoms with Crippen LogP contribution in [0.15, 0.2) is 52.4 Å². The number of nitrogens with zero attached hydrogens (tertiary/aromatic N) is 2. The van der Waals surface area contributed by atoms with Gasteiger partial charge in [0, 0.05) is 6.54 Å². The first-order valence-electron chi connectivity index (χ1n) is 9.33. The van der Waals surface area contributed by atoms with Crippen LogP contribution >= 0.6 is 35.0 Å². The van der Waals surface area contributed by atoms with E-state index < -0.39 is 5.25 Å². The molecular weight excluding hydrogens is 429 g/mol. The minimum absolute atomic E-state index is 0.0861. The normalized spacial score (nSPS) is 12.1. The number of amides is 1. The standard InChI is InChI=1S/C21H21Cl2N3O2S/c1-3-4-12-26-20(28)14-8-5-6-10-16(14)25-21(26)29-13(2)19(27)24-17-11-7-9-15(22)18(17)23/h5-11,13H,3-4,12H2,1-2H3,(H,24,27). The van der Waals surface area contributed by atoms with E-state index in [4.69, 9.17) is 23.2 Å². The molecule has 1 unspecified atom stereocenters. The number of rotatable bonds is 7. The largest absolute Gasteiger partial charge is 0.324 e. The predicted molar refractivity (Wildman–Crippen MR) is 121 cm³/mol. The molecule has 1 aromatic heterocycles. The maximum atomic E-state index is 13.0. The minimum Gasteiger partial charge on any atom is -0.324 e. The summed E-state index contributed by atoms with van der Waals surface area (Å²) in [6.07, 6.45) is 1.80. The Morgan fingerprint density at radius 1 is 1.21 bits per heavy atom. The highest BCUT2D eigenvalue weighted by Crippen LogP contribution is 2.31. The lowest BCUT2D eigenvalue weighted by Crippen LogP contribution is -2.27. The van der Waals surface area contributed by atoms with E-state index in [2.05, 4.69) is 17.2 Å². The Hall–Kier alpha value is -2.02. The van der Waals surface area contributed by atoms with Gasteiger partial charge in [0.1, 0.15) is 0 Å². The first kappa shape index (κ1) is 21.7. The number of aromatic nitrogens is 2. The Bertz CT molecular complexity index is 1100. The van der Waals surface area contributed by atoms with Crippen molar-refractivity contribution in [2.45, 2.75) is 43.6 Å². The molecule has 3 rings (SSSR count). The molecule has 8 heteroatoms. The summed E-state index contributed by atoms with van der Waals surface area (Å²) in [7, 11) is 0. The molecule has 0 saturated heterocycles. The highest BCUT2D eigenvalue weighted by atomic mass is 35.5. The van der Waals surface area contributed by atoms with Gasteiger partial charge in [0.15, 0.2) is 5.16 Å². The van der Waals surface area contributed by atoms with Crippen LogP contribution in [0.2, 0.25) is 10.0 Å². The minimum atomic E-state index is -0.494. The van der Waals surface area contributed by atoms with E-state index in [9.17, 15) is 9.59 Å². The summed E-state index contributed by atoms with van der Waals surface area (Å²) in [5, 5.41) is 4.07. The maximum Gasteiger partial charge on any atom is 0.262 e. The van der Waals surface area contributed by atoms with E-state index in [0.717, 1.165) is 12.8 Å². The topological polar surface area (TPSA) is 64.0 Å². The zero-order valence-corrected chi connectivity index (χ0v) is 18.4. The van der Waals surface area contributed by atoms with Gasteiger partial charge in [-0.2, -0.15) is 0 Å². The van der Waals surface area contributed by atoms with Crippen LogP contribution in [0.5, 0.6) is 0 Å². The van der Waals surface area contributed by atoms with Gasteiger partial charge in [-0.25, -0.2) is 4.98 Å². The summed E-state index contributed by atoms with van der Waals surface area (Å²) < 4.78 is 1.66. The lowest BCUT2D eigenvalue weighted by Gasteiger charge is -2.16. The zero-order chi connectivity index (χ0) is 21.0. The molecule has 0 bridgehead atoms. The molecule has 0 aliphatic carbocycles. The van der Waals surface area contributed by atoms with E-state index in [1.54, 1.807) is 41.8 Å². The Morgan fingerprint density at radius 3 is 2.72 bits per heavy atom. The first-order valence-corrected chi connectivity index (χ1v) is 11.0. The zero-order valence-electron chi connectivity index (χ0n) is 16.1. The number of halogens is 2. The number of fused-ring (bicyclic) bond motifs is 1. The van der Waals surface area contributed by atoms with Crippen molar-refractivity contribution in [3.8, 4) is 0 Å². The molecule has 0 aliphatic rings. The summed E-state index contributed by atoms with van der Waals surface area (Å²) in [6, 6.07) is 12.3. The smallest absolute Gasteiger partial charge is 0.262 e. The molecule has 0 radical (unpaired) electrons. The Labute approximate surface area is 183 Å². The fraction of sp³-hybridized carbons (Fsp3) is 0.286. The van der Waals surface area contributed by atoms with Gasteiger partial charge in [0.25, 0.3) is 5.56 Å². The van der Waals surface area contributed by atoms with Crippen molar-refractivity contribution in [1.82, 2.24) is 9.55 Å². The van der Waals surface area contributed by atoms with Crippen molar-refractivity contribution < 1.29 is 4.79 Å². The van der Waals surface area contributed by atoms with E-state index in [1.807, 2.05) is 12.1 Å². The number of hydrogen-bond donors (Lipinski definition) is 1. The van der Waals surface area contributed by atoms with Crippen LogP contribution in [-0.2, 0) is 11.3 Å². The number of thioether (sulfide) groups is 1. The molecular formula is C21H21Cl2N3O2S. The van der Waals surface area contributed by atoms with Crippen molar-refractivity contribution in [2.75, 3.05) is 5.32 Å². The van der Waals surface area contributed by atoms with Crippen LogP contribution in [0.3, 0.4) is 0 Å². The Balaban J connectivity index is 1.88. The van der Waals surface area contributed by atoms with Gasteiger partial charge in [0.2, 0.25) is 5.91 Å². The van der Waals surface area contributed by atoms with Crippen molar-refractivity contribution in [3.63, 3.8) is 0 Å². The SMILES string of the molecule is CCCCn1c(SC(C)C(=O)Nc2cccc(Cl)c2Cl)nc2ccccc2c1=O. The third-order valence-corrected chi connectivity index (χ3v) is 6.33. The van der Waals surface area contributed by atoms with E-state index in [-0.39, 0.29) is 11.5 Å². The Morgan fingerprint density at radius 2 is 1.97 bits per heavy atom. The summed E-state index contributed by atoms with van der Waals surface area (Å²) in [5.41, 5.74) is 0.988. The average Bonchev–Trinajstić information content (AvgIpc) is 2.71. The monoisotopic (exact) mass is 449 g/mol. The fourth-order valence-corrected chi connectivity index (χ4v) is 4.08. The van der Waals surface area contributed by atoms with Gasteiger partial charge >= 0.3 is 0 Å². The van der Waals surface area contributed by atoms with Crippen molar-refractivity contribution >= 4 is 57.5 Å². The van der Waals surface area contributed by atoms with Gasteiger partial charge in [-0.05, 0) is 37.6 Å². The highest BCUT2D eigenvalue weighted by Gasteiger charge is 2.20. The van der Waals surface area contributed by atoms with Crippen LogP contribution in [0.4, 0.5) is 5.69 Å². The van der Waals surface area contributed by atoms with E-state index >= 15 is 0 Å². The number of carbonyl (C=O) groups is 1. The Kier molecular flexibility index (Phi) is 7.22. The molecule has 5 nitrogen and oxygen atoms in total.